The van der Waals surface area contributed by atoms with E-state index in [2.05, 4.69) is 6.92 Å². The molecule has 0 amide bonds. The molecule has 2 atom stereocenters. The molecule has 0 saturated heterocycles. The Bertz CT molecular complexity index is 327. The van der Waals surface area contributed by atoms with Gasteiger partial charge in [0.15, 0.2) is 0 Å². The lowest BCUT2D eigenvalue weighted by Crippen LogP contribution is -2.16. The van der Waals surface area contributed by atoms with Crippen LogP contribution in [-0.4, -0.2) is 29.4 Å². The van der Waals surface area contributed by atoms with Crippen molar-refractivity contribution in [1.29, 1.82) is 0 Å². The zero-order chi connectivity index (χ0) is 16.1. The average molecular weight is 323 g/mol. The molecule has 0 aromatic carbocycles. The maximum atomic E-state index is 10.8. The molecular weight excluding hydrogens is 288 g/mol. The van der Waals surface area contributed by atoms with E-state index in [1.165, 1.54) is 45.4 Å². The van der Waals surface area contributed by atoms with Gasteiger partial charge in [-0.2, -0.15) is 8.42 Å². The molecule has 4 nitrogen and oxygen atoms in total. The molecule has 2 N–H and O–H groups in total. The first-order valence-electron chi connectivity index (χ1n) is 8.52. The van der Waals surface area contributed by atoms with Crippen molar-refractivity contribution in [2.24, 2.45) is 0 Å². The summed E-state index contributed by atoms with van der Waals surface area (Å²) < 4.78 is 30.5. The van der Waals surface area contributed by atoms with Crippen LogP contribution in [0, 0.1) is 0 Å². The van der Waals surface area contributed by atoms with Gasteiger partial charge in [0.2, 0.25) is 0 Å². The van der Waals surface area contributed by atoms with Crippen LogP contribution < -0.4 is 0 Å². The molecule has 0 aliphatic carbocycles. The van der Waals surface area contributed by atoms with Gasteiger partial charge in [-0.25, -0.2) is 0 Å². The number of hydrogen-bond donors (Lipinski definition) is 2. The Morgan fingerprint density at radius 1 is 0.810 bits per heavy atom. The quantitative estimate of drug-likeness (QED) is 0.369. The molecule has 0 aliphatic rings. The van der Waals surface area contributed by atoms with Gasteiger partial charge in [-0.1, -0.05) is 64.7 Å². The van der Waals surface area contributed by atoms with E-state index < -0.39 is 15.4 Å². The predicted octanol–water partition coefficient (Wildman–Crippen LogP) is 4.32. The van der Waals surface area contributed by atoms with Crippen LogP contribution in [0.25, 0.3) is 0 Å². The van der Waals surface area contributed by atoms with Crippen LogP contribution in [0.15, 0.2) is 0 Å². The van der Waals surface area contributed by atoms with E-state index in [9.17, 15) is 13.5 Å². The van der Waals surface area contributed by atoms with Crippen molar-refractivity contribution in [2.45, 2.75) is 102 Å². The minimum absolute atomic E-state index is 0.262. The third kappa shape index (κ3) is 13.3. The van der Waals surface area contributed by atoms with E-state index in [0.717, 1.165) is 32.1 Å². The van der Waals surface area contributed by atoms with Gasteiger partial charge >= 0.3 is 0 Å². The monoisotopic (exact) mass is 322 g/mol. The van der Waals surface area contributed by atoms with E-state index in [0.29, 0.717) is 6.42 Å². The number of unbranched alkanes of at least 4 members (excludes halogenated alkanes) is 7. The molecule has 0 radical (unpaired) electrons. The number of rotatable bonds is 14. The zero-order valence-corrected chi connectivity index (χ0v) is 14.6. The fourth-order valence-corrected chi connectivity index (χ4v) is 2.91. The maximum absolute atomic E-state index is 10.8. The third-order valence-electron chi connectivity index (χ3n) is 4.05. The number of aliphatic hydroxyl groups is 1. The van der Waals surface area contributed by atoms with Crippen molar-refractivity contribution >= 4 is 10.1 Å². The molecule has 21 heavy (non-hydrogen) atoms. The third-order valence-corrected chi connectivity index (χ3v) is 5.30. The number of aliphatic hydroxyl groups excluding tert-OH is 1. The van der Waals surface area contributed by atoms with E-state index >= 15 is 0 Å². The van der Waals surface area contributed by atoms with Gasteiger partial charge in [-0.15, -0.1) is 0 Å². The molecule has 0 spiro atoms. The lowest BCUT2D eigenvalue weighted by molar-refractivity contribution is 0.147. The summed E-state index contributed by atoms with van der Waals surface area (Å²) in [6.45, 7) is 3.73. The van der Waals surface area contributed by atoms with E-state index in [1.54, 1.807) is 0 Å². The Hall–Kier alpha value is -0.130. The molecule has 0 rings (SSSR count). The Kier molecular flexibility index (Phi) is 12.3. The normalized spacial score (nSPS) is 15.0. The fourth-order valence-electron chi connectivity index (χ4n) is 2.44. The second-order valence-corrected chi connectivity index (χ2v) is 8.01. The Morgan fingerprint density at radius 3 is 1.76 bits per heavy atom. The lowest BCUT2D eigenvalue weighted by atomic mass is 10.0. The van der Waals surface area contributed by atoms with Crippen molar-refractivity contribution in [2.75, 3.05) is 0 Å². The van der Waals surface area contributed by atoms with Crippen LogP contribution in [0.4, 0.5) is 0 Å². The SMILES string of the molecule is CCCCCCCCCC(O)CCCCC(C)S(=O)(=O)O. The summed E-state index contributed by atoms with van der Waals surface area (Å²) in [6.07, 6.45) is 12.1. The predicted molar refractivity (Wildman–Crippen MR) is 88.1 cm³/mol. The average Bonchev–Trinajstić information content (AvgIpc) is 2.41. The van der Waals surface area contributed by atoms with Gasteiger partial charge in [0.25, 0.3) is 10.1 Å². The van der Waals surface area contributed by atoms with Gasteiger partial charge < -0.3 is 5.11 Å². The molecule has 0 aromatic rings. The molecule has 0 bridgehead atoms. The van der Waals surface area contributed by atoms with Crippen LogP contribution >= 0.6 is 0 Å². The Labute approximate surface area is 131 Å². The topological polar surface area (TPSA) is 74.6 Å². The second kappa shape index (κ2) is 12.4. The van der Waals surface area contributed by atoms with Crippen molar-refractivity contribution in [3.63, 3.8) is 0 Å². The first-order chi connectivity index (χ1) is 9.88. The van der Waals surface area contributed by atoms with E-state index in [1.807, 2.05) is 0 Å². The van der Waals surface area contributed by atoms with Crippen LogP contribution in [0.2, 0.25) is 0 Å². The van der Waals surface area contributed by atoms with Crippen LogP contribution in [0.5, 0.6) is 0 Å². The molecule has 0 fully saturated rings. The highest BCUT2D eigenvalue weighted by atomic mass is 32.2. The first kappa shape index (κ1) is 20.9. The molecule has 0 heterocycles. The second-order valence-electron chi connectivity index (χ2n) is 6.17. The summed E-state index contributed by atoms with van der Waals surface area (Å²) in [5.41, 5.74) is 0. The Morgan fingerprint density at radius 2 is 1.24 bits per heavy atom. The van der Waals surface area contributed by atoms with Gasteiger partial charge in [0.1, 0.15) is 0 Å². The smallest absolute Gasteiger partial charge is 0.267 e. The highest BCUT2D eigenvalue weighted by molar-refractivity contribution is 7.86. The van der Waals surface area contributed by atoms with Gasteiger partial charge in [-0.05, 0) is 26.2 Å². The molecular formula is C16H34O4S. The van der Waals surface area contributed by atoms with Crippen molar-refractivity contribution < 1.29 is 18.1 Å². The van der Waals surface area contributed by atoms with Gasteiger partial charge in [-0.3, -0.25) is 4.55 Å². The van der Waals surface area contributed by atoms with E-state index in [4.69, 9.17) is 4.55 Å². The standard InChI is InChI=1S/C16H34O4S/c1-3-4-5-6-7-8-9-13-16(17)14-11-10-12-15(2)21(18,19)20/h15-17H,3-14H2,1-2H3,(H,18,19,20). The molecule has 128 valence electrons. The lowest BCUT2D eigenvalue weighted by Gasteiger charge is -2.11. The van der Waals surface area contributed by atoms with Crippen molar-refractivity contribution in [1.82, 2.24) is 0 Å². The van der Waals surface area contributed by atoms with Gasteiger partial charge in [0, 0.05) is 0 Å². The summed E-state index contributed by atoms with van der Waals surface area (Å²) in [5.74, 6) is 0. The summed E-state index contributed by atoms with van der Waals surface area (Å²) in [7, 11) is -3.89. The van der Waals surface area contributed by atoms with Crippen LogP contribution in [-0.2, 0) is 10.1 Å². The molecule has 0 aromatic heterocycles. The highest BCUT2D eigenvalue weighted by Crippen LogP contribution is 2.15. The maximum Gasteiger partial charge on any atom is 0.267 e. The summed E-state index contributed by atoms with van der Waals surface area (Å²) in [6, 6.07) is 0. The van der Waals surface area contributed by atoms with E-state index in [-0.39, 0.29) is 6.10 Å². The van der Waals surface area contributed by atoms with Crippen LogP contribution in [0.3, 0.4) is 0 Å². The van der Waals surface area contributed by atoms with Crippen LogP contribution in [0.1, 0.15) is 90.9 Å². The first-order valence-corrected chi connectivity index (χ1v) is 10.0. The molecule has 5 heteroatoms. The van der Waals surface area contributed by atoms with Gasteiger partial charge in [0.05, 0.1) is 11.4 Å². The van der Waals surface area contributed by atoms with Crippen molar-refractivity contribution in [3.05, 3.63) is 0 Å². The minimum atomic E-state index is -3.89. The zero-order valence-electron chi connectivity index (χ0n) is 13.8. The summed E-state index contributed by atoms with van der Waals surface area (Å²) in [5, 5.41) is 9.15. The Balaban J connectivity index is 3.40. The molecule has 2 unspecified atom stereocenters. The highest BCUT2D eigenvalue weighted by Gasteiger charge is 2.16. The van der Waals surface area contributed by atoms with Crippen molar-refractivity contribution in [3.8, 4) is 0 Å². The summed E-state index contributed by atoms with van der Waals surface area (Å²) >= 11 is 0. The molecule has 0 aliphatic heterocycles. The minimum Gasteiger partial charge on any atom is -0.393 e. The fraction of sp³-hybridized carbons (Fsp3) is 1.00. The molecule has 0 saturated carbocycles. The largest absolute Gasteiger partial charge is 0.393 e. The summed E-state index contributed by atoms with van der Waals surface area (Å²) in [4.78, 5) is 0. The number of hydrogen-bond acceptors (Lipinski definition) is 3.